The van der Waals surface area contributed by atoms with Gasteiger partial charge in [-0.1, -0.05) is 54.6 Å². The van der Waals surface area contributed by atoms with E-state index in [9.17, 15) is 4.79 Å². The van der Waals surface area contributed by atoms with E-state index < -0.39 is 0 Å². The van der Waals surface area contributed by atoms with Crippen LogP contribution in [0.4, 0.5) is 0 Å². The summed E-state index contributed by atoms with van der Waals surface area (Å²) >= 11 is 0. The Morgan fingerprint density at radius 1 is 1.31 bits per heavy atom. The van der Waals surface area contributed by atoms with E-state index in [1.54, 1.807) is 13.0 Å². The zero-order valence-corrected chi connectivity index (χ0v) is 9.94. The maximum absolute atomic E-state index is 11.5. The molecule has 0 aliphatic heterocycles. The van der Waals surface area contributed by atoms with E-state index in [2.05, 4.69) is 6.58 Å². The second-order valence-corrected chi connectivity index (χ2v) is 4.02. The molecule has 0 saturated carbocycles. The summed E-state index contributed by atoms with van der Waals surface area (Å²) in [7, 11) is 0. The van der Waals surface area contributed by atoms with Crippen LogP contribution < -0.4 is 0 Å². The van der Waals surface area contributed by atoms with Crippen LogP contribution >= 0.6 is 0 Å². The van der Waals surface area contributed by atoms with Crippen LogP contribution in [0, 0.1) is 5.92 Å². The van der Waals surface area contributed by atoms with Gasteiger partial charge in [-0.15, -0.1) is 0 Å². The van der Waals surface area contributed by atoms with Gasteiger partial charge in [0, 0.05) is 5.92 Å². The van der Waals surface area contributed by atoms with Crippen molar-refractivity contribution in [3.05, 3.63) is 60.2 Å². The van der Waals surface area contributed by atoms with Gasteiger partial charge in [0.05, 0.1) is 0 Å². The summed E-state index contributed by atoms with van der Waals surface area (Å²) in [5.74, 6) is 0.158. The Morgan fingerprint density at radius 3 is 2.44 bits per heavy atom. The second kappa shape index (κ2) is 6.06. The highest BCUT2D eigenvalue weighted by Crippen LogP contribution is 2.13. The second-order valence-electron chi connectivity index (χ2n) is 4.02. The molecular formula is C15H18O. The standard InChI is InChI=1S/C15H18O/c1-4-12(2)10-15(13(3)16)11-14-8-6-5-7-9-14/h4-10,15H,1,11H2,2-3H3. The van der Waals surface area contributed by atoms with Crippen molar-refractivity contribution >= 4 is 5.78 Å². The van der Waals surface area contributed by atoms with Crippen LogP contribution in [-0.2, 0) is 11.2 Å². The molecule has 1 atom stereocenters. The number of carbonyl (C=O) groups is 1. The van der Waals surface area contributed by atoms with E-state index >= 15 is 0 Å². The third-order valence-corrected chi connectivity index (χ3v) is 2.61. The molecule has 0 bridgehead atoms. The average Bonchev–Trinajstić information content (AvgIpc) is 2.29. The Bertz CT molecular complexity index is 387. The quantitative estimate of drug-likeness (QED) is 0.685. The summed E-state index contributed by atoms with van der Waals surface area (Å²) in [5.41, 5.74) is 2.24. The first kappa shape index (κ1) is 12.4. The molecule has 0 aromatic heterocycles. The molecule has 84 valence electrons. The number of hydrogen-bond donors (Lipinski definition) is 0. The molecule has 0 fully saturated rings. The smallest absolute Gasteiger partial charge is 0.137 e. The van der Waals surface area contributed by atoms with E-state index in [1.807, 2.05) is 43.3 Å². The highest BCUT2D eigenvalue weighted by Gasteiger charge is 2.11. The van der Waals surface area contributed by atoms with Gasteiger partial charge in [-0.3, -0.25) is 4.79 Å². The lowest BCUT2D eigenvalue weighted by Gasteiger charge is -2.10. The van der Waals surface area contributed by atoms with Crippen molar-refractivity contribution in [3.8, 4) is 0 Å². The molecule has 0 radical (unpaired) electrons. The zero-order chi connectivity index (χ0) is 12.0. The van der Waals surface area contributed by atoms with Crippen LogP contribution in [0.2, 0.25) is 0 Å². The van der Waals surface area contributed by atoms with E-state index in [-0.39, 0.29) is 11.7 Å². The van der Waals surface area contributed by atoms with E-state index in [1.165, 1.54) is 5.56 Å². The number of hydrogen-bond acceptors (Lipinski definition) is 1. The van der Waals surface area contributed by atoms with Crippen molar-refractivity contribution in [1.82, 2.24) is 0 Å². The Hall–Kier alpha value is -1.63. The number of Topliss-reactive ketones (excluding diaryl/α,β-unsaturated/α-hetero) is 1. The number of ketones is 1. The molecule has 16 heavy (non-hydrogen) atoms. The number of benzene rings is 1. The highest BCUT2D eigenvalue weighted by atomic mass is 16.1. The fourth-order valence-electron chi connectivity index (χ4n) is 1.57. The molecule has 1 aromatic rings. The van der Waals surface area contributed by atoms with Crippen molar-refractivity contribution < 1.29 is 4.79 Å². The monoisotopic (exact) mass is 214 g/mol. The minimum atomic E-state index is -0.0413. The molecule has 1 heteroatoms. The summed E-state index contributed by atoms with van der Waals surface area (Å²) in [4.78, 5) is 11.5. The lowest BCUT2D eigenvalue weighted by atomic mass is 9.94. The van der Waals surface area contributed by atoms with E-state index in [0.29, 0.717) is 0 Å². The van der Waals surface area contributed by atoms with Gasteiger partial charge < -0.3 is 0 Å². The minimum absolute atomic E-state index is 0.0413. The summed E-state index contributed by atoms with van der Waals surface area (Å²) in [6, 6.07) is 10.1. The molecule has 1 rings (SSSR count). The van der Waals surface area contributed by atoms with Gasteiger partial charge in [0.2, 0.25) is 0 Å². The number of carbonyl (C=O) groups excluding carboxylic acids is 1. The molecule has 0 spiro atoms. The predicted molar refractivity (Wildman–Crippen MR) is 68.3 cm³/mol. The van der Waals surface area contributed by atoms with Crippen molar-refractivity contribution in [2.24, 2.45) is 5.92 Å². The Morgan fingerprint density at radius 2 is 1.94 bits per heavy atom. The topological polar surface area (TPSA) is 17.1 Å². The third kappa shape index (κ3) is 3.85. The van der Waals surface area contributed by atoms with Gasteiger partial charge in [0.25, 0.3) is 0 Å². The van der Waals surface area contributed by atoms with Gasteiger partial charge in [-0.05, 0) is 25.8 Å². The molecular weight excluding hydrogens is 196 g/mol. The molecule has 1 unspecified atom stereocenters. The van der Waals surface area contributed by atoms with Crippen LogP contribution in [-0.4, -0.2) is 5.78 Å². The lowest BCUT2D eigenvalue weighted by molar-refractivity contribution is -0.119. The van der Waals surface area contributed by atoms with Crippen molar-refractivity contribution in [2.45, 2.75) is 20.3 Å². The van der Waals surface area contributed by atoms with Crippen LogP contribution in [0.5, 0.6) is 0 Å². The maximum Gasteiger partial charge on any atom is 0.137 e. The predicted octanol–water partition coefficient (Wildman–Crippen LogP) is 3.57. The largest absolute Gasteiger partial charge is 0.299 e. The molecule has 0 amide bonds. The average molecular weight is 214 g/mol. The van der Waals surface area contributed by atoms with Crippen LogP contribution in [0.15, 0.2) is 54.6 Å². The summed E-state index contributed by atoms with van der Waals surface area (Å²) in [6.07, 6.45) is 4.53. The highest BCUT2D eigenvalue weighted by molar-refractivity contribution is 5.80. The zero-order valence-electron chi connectivity index (χ0n) is 9.94. The van der Waals surface area contributed by atoms with E-state index in [4.69, 9.17) is 0 Å². The molecule has 0 N–H and O–H groups in total. The molecule has 0 aliphatic carbocycles. The van der Waals surface area contributed by atoms with Gasteiger partial charge in [0.15, 0.2) is 0 Å². The van der Waals surface area contributed by atoms with Gasteiger partial charge in [-0.2, -0.15) is 0 Å². The van der Waals surface area contributed by atoms with Crippen molar-refractivity contribution in [3.63, 3.8) is 0 Å². The normalized spacial score (nSPS) is 13.2. The SMILES string of the molecule is C=CC(C)=CC(Cc1ccccc1)C(C)=O. The first-order valence-corrected chi connectivity index (χ1v) is 5.48. The van der Waals surface area contributed by atoms with Crippen molar-refractivity contribution in [1.29, 1.82) is 0 Å². The first-order valence-electron chi connectivity index (χ1n) is 5.48. The number of allylic oxidation sites excluding steroid dienone is 3. The Balaban J connectivity index is 2.81. The maximum atomic E-state index is 11.5. The fraction of sp³-hybridized carbons (Fsp3) is 0.267. The molecule has 1 nitrogen and oxygen atoms in total. The first-order chi connectivity index (χ1) is 7.63. The summed E-state index contributed by atoms with van der Waals surface area (Å²) in [5, 5.41) is 0. The molecule has 1 aromatic carbocycles. The molecule has 0 heterocycles. The summed E-state index contributed by atoms with van der Waals surface area (Å²) in [6.45, 7) is 7.31. The van der Waals surface area contributed by atoms with Gasteiger partial charge in [-0.25, -0.2) is 0 Å². The number of rotatable bonds is 5. The molecule has 0 saturated heterocycles. The fourth-order valence-corrected chi connectivity index (χ4v) is 1.57. The third-order valence-electron chi connectivity index (χ3n) is 2.61. The van der Waals surface area contributed by atoms with Crippen LogP contribution in [0.1, 0.15) is 19.4 Å². The van der Waals surface area contributed by atoms with Crippen molar-refractivity contribution in [2.75, 3.05) is 0 Å². The Labute approximate surface area is 97.5 Å². The van der Waals surface area contributed by atoms with E-state index in [0.717, 1.165) is 12.0 Å². The summed E-state index contributed by atoms with van der Waals surface area (Å²) < 4.78 is 0. The Kier molecular flexibility index (Phi) is 4.71. The lowest BCUT2D eigenvalue weighted by Crippen LogP contribution is -2.11. The van der Waals surface area contributed by atoms with Gasteiger partial charge >= 0.3 is 0 Å². The molecule has 0 aliphatic rings. The van der Waals surface area contributed by atoms with Crippen LogP contribution in [0.3, 0.4) is 0 Å². The van der Waals surface area contributed by atoms with Crippen LogP contribution in [0.25, 0.3) is 0 Å². The van der Waals surface area contributed by atoms with Gasteiger partial charge in [0.1, 0.15) is 5.78 Å². The minimum Gasteiger partial charge on any atom is -0.299 e.